The number of halogens is 2. The number of aryl methyl sites for hydroxylation is 1. The molecule has 1 heterocycles. The number of carbonyl (C=O) groups is 1. The third-order valence-electron chi connectivity index (χ3n) is 1.64. The number of hydrogen-bond acceptors (Lipinski definition) is 2. The molecule has 0 radical (unpaired) electrons. The molecule has 0 aliphatic heterocycles. The molecule has 0 saturated heterocycles. The zero-order valence-electron chi connectivity index (χ0n) is 7.27. The lowest BCUT2D eigenvalue weighted by Gasteiger charge is -2.04. The Morgan fingerprint density at radius 3 is 2.62 bits per heavy atom. The Bertz CT molecular complexity index is 335. The fourth-order valence-electron chi connectivity index (χ4n) is 0.908. The average molecular weight is 311 g/mol. The van der Waals surface area contributed by atoms with Crippen molar-refractivity contribution in [3.8, 4) is 0 Å². The third kappa shape index (κ3) is 2.31. The summed E-state index contributed by atoms with van der Waals surface area (Å²) in [5, 5.41) is 2.55. The molecule has 6 heteroatoms. The van der Waals surface area contributed by atoms with Gasteiger partial charge < -0.3 is 9.88 Å². The van der Waals surface area contributed by atoms with Gasteiger partial charge >= 0.3 is 0 Å². The van der Waals surface area contributed by atoms with Crippen LogP contribution in [0.5, 0.6) is 0 Å². The largest absolute Gasteiger partial charge is 0.358 e. The third-order valence-corrected chi connectivity index (χ3v) is 3.53. The molecule has 72 valence electrons. The van der Waals surface area contributed by atoms with E-state index in [0.717, 1.165) is 10.4 Å². The fourth-order valence-corrected chi connectivity index (χ4v) is 1.85. The van der Waals surface area contributed by atoms with Gasteiger partial charge in [-0.15, -0.1) is 0 Å². The highest BCUT2D eigenvalue weighted by molar-refractivity contribution is 9.13. The number of nitrogens with zero attached hydrogens (tertiary/aromatic N) is 2. The first kappa shape index (κ1) is 10.7. The van der Waals surface area contributed by atoms with Gasteiger partial charge in [0.2, 0.25) is 5.91 Å². The molecule has 0 fully saturated rings. The lowest BCUT2D eigenvalue weighted by atomic mass is 10.5. The fraction of sp³-hybridized carbons (Fsp3) is 0.429. The maximum absolute atomic E-state index is 11.1. The van der Waals surface area contributed by atoms with Crippen LogP contribution in [0.2, 0.25) is 0 Å². The summed E-state index contributed by atoms with van der Waals surface area (Å²) in [5.41, 5.74) is 0. The smallest absolute Gasteiger partial charge is 0.239 e. The van der Waals surface area contributed by atoms with Crippen molar-refractivity contribution in [1.82, 2.24) is 14.9 Å². The van der Waals surface area contributed by atoms with Gasteiger partial charge in [-0.3, -0.25) is 4.79 Å². The summed E-state index contributed by atoms with van der Waals surface area (Å²) in [4.78, 5) is 15.2. The van der Waals surface area contributed by atoms with Crippen molar-refractivity contribution < 1.29 is 4.79 Å². The lowest BCUT2D eigenvalue weighted by Crippen LogP contribution is -2.24. The SMILES string of the molecule is CNC(=O)Cn1c(C)nc(Br)c1Br. The summed E-state index contributed by atoms with van der Waals surface area (Å²) in [6, 6.07) is 0. The molecule has 0 aliphatic rings. The van der Waals surface area contributed by atoms with Gasteiger partial charge in [0.25, 0.3) is 0 Å². The minimum Gasteiger partial charge on any atom is -0.358 e. The molecule has 0 bridgehead atoms. The van der Waals surface area contributed by atoms with Crippen LogP contribution in [0.1, 0.15) is 5.82 Å². The molecule has 4 nitrogen and oxygen atoms in total. The summed E-state index contributed by atoms with van der Waals surface area (Å²) in [5.74, 6) is 0.746. The second kappa shape index (κ2) is 4.23. The van der Waals surface area contributed by atoms with Crippen LogP contribution in [-0.2, 0) is 11.3 Å². The zero-order chi connectivity index (χ0) is 10.0. The van der Waals surface area contributed by atoms with Crippen LogP contribution in [0.4, 0.5) is 0 Å². The maximum Gasteiger partial charge on any atom is 0.239 e. The van der Waals surface area contributed by atoms with Crippen LogP contribution in [0.25, 0.3) is 0 Å². The number of likely N-dealkylation sites (N-methyl/N-ethyl adjacent to an activating group) is 1. The Kier molecular flexibility index (Phi) is 3.49. The van der Waals surface area contributed by atoms with Gasteiger partial charge in [-0.1, -0.05) is 0 Å². The normalized spacial score (nSPS) is 10.2. The Hall–Kier alpha value is -0.360. The van der Waals surface area contributed by atoms with Crippen molar-refractivity contribution in [1.29, 1.82) is 0 Å². The molecular formula is C7H9Br2N3O. The first-order chi connectivity index (χ1) is 6.06. The van der Waals surface area contributed by atoms with Crippen LogP contribution in [0.15, 0.2) is 9.21 Å². The predicted molar refractivity (Wildman–Crippen MR) is 56.4 cm³/mol. The van der Waals surface area contributed by atoms with Gasteiger partial charge in [0.1, 0.15) is 21.6 Å². The van der Waals surface area contributed by atoms with Gasteiger partial charge in [-0.25, -0.2) is 4.98 Å². The zero-order valence-corrected chi connectivity index (χ0v) is 10.4. The average Bonchev–Trinajstić information content (AvgIpc) is 2.32. The second-order valence-electron chi connectivity index (χ2n) is 2.50. The topological polar surface area (TPSA) is 46.9 Å². The van der Waals surface area contributed by atoms with Crippen molar-refractivity contribution in [2.75, 3.05) is 7.05 Å². The van der Waals surface area contributed by atoms with E-state index in [9.17, 15) is 4.79 Å². The van der Waals surface area contributed by atoms with Crippen molar-refractivity contribution in [3.05, 3.63) is 15.0 Å². The van der Waals surface area contributed by atoms with E-state index in [4.69, 9.17) is 0 Å². The molecular weight excluding hydrogens is 302 g/mol. The molecule has 0 unspecified atom stereocenters. The summed E-state index contributed by atoms with van der Waals surface area (Å²) in [6.45, 7) is 2.12. The summed E-state index contributed by atoms with van der Waals surface area (Å²) >= 11 is 6.60. The number of imidazole rings is 1. The molecule has 0 aromatic carbocycles. The molecule has 0 spiro atoms. The standard InChI is InChI=1S/C7H9Br2N3O/c1-4-11-6(8)7(9)12(4)3-5(13)10-2/h3H2,1-2H3,(H,10,13). The summed E-state index contributed by atoms with van der Waals surface area (Å²) < 4.78 is 3.28. The highest BCUT2D eigenvalue weighted by Crippen LogP contribution is 2.23. The van der Waals surface area contributed by atoms with Crippen molar-refractivity contribution in [2.45, 2.75) is 13.5 Å². The van der Waals surface area contributed by atoms with E-state index in [1.165, 1.54) is 0 Å². The van der Waals surface area contributed by atoms with Gasteiger partial charge in [-0.2, -0.15) is 0 Å². The minimum absolute atomic E-state index is 0.0475. The van der Waals surface area contributed by atoms with E-state index in [1.54, 1.807) is 11.6 Å². The van der Waals surface area contributed by atoms with Crippen molar-refractivity contribution >= 4 is 37.8 Å². The number of carbonyl (C=O) groups excluding carboxylic acids is 1. The Morgan fingerprint density at radius 2 is 2.23 bits per heavy atom. The van der Waals surface area contributed by atoms with Crippen LogP contribution < -0.4 is 5.32 Å². The van der Waals surface area contributed by atoms with Crippen LogP contribution in [-0.4, -0.2) is 22.5 Å². The van der Waals surface area contributed by atoms with E-state index in [0.29, 0.717) is 4.60 Å². The van der Waals surface area contributed by atoms with Gasteiger partial charge in [0.05, 0.1) is 0 Å². The van der Waals surface area contributed by atoms with Gasteiger partial charge in [0.15, 0.2) is 0 Å². The molecule has 1 rings (SSSR count). The number of amides is 1. The van der Waals surface area contributed by atoms with E-state index >= 15 is 0 Å². The highest BCUT2D eigenvalue weighted by Gasteiger charge is 2.11. The lowest BCUT2D eigenvalue weighted by molar-refractivity contribution is -0.121. The highest BCUT2D eigenvalue weighted by atomic mass is 79.9. The molecule has 0 aliphatic carbocycles. The van der Waals surface area contributed by atoms with E-state index in [-0.39, 0.29) is 12.5 Å². The number of rotatable bonds is 2. The minimum atomic E-state index is -0.0475. The number of hydrogen-bond donors (Lipinski definition) is 1. The van der Waals surface area contributed by atoms with Crippen molar-refractivity contribution in [2.24, 2.45) is 0 Å². The molecule has 1 aromatic heterocycles. The quantitative estimate of drug-likeness (QED) is 0.899. The summed E-state index contributed by atoms with van der Waals surface area (Å²) in [7, 11) is 1.61. The second-order valence-corrected chi connectivity index (χ2v) is 4.00. The Morgan fingerprint density at radius 1 is 1.62 bits per heavy atom. The van der Waals surface area contributed by atoms with E-state index < -0.39 is 0 Å². The first-order valence-electron chi connectivity index (χ1n) is 3.65. The van der Waals surface area contributed by atoms with Gasteiger partial charge in [-0.05, 0) is 38.8 Å². The van der Waals surface area contributed by atoms with Crippen molar-refractivity contribution in [3.63, 3.8) is 0 Å². The molecule has 1 amide bonds. The van der Waals surface area contributed by atoms with Gasteiger partial charge in [0, 0.05) is 7.05 Å². The Balaban J connectivity index is 2.94. The molecule has 13 heavy (non-hydrogen) atoms. The van der Waals surface area contributed by atoms with Crippen LogP contribution in [0.3, 0.4) is 0 Å². The van der Waals surface area contributed by atoms with E-state index in [1.807, 2.05) is 6.92 Å². The number of aromatic nitrogens is 2. The van der Waals surface area contributed by atoms with Crippen LogP contribution >= 0.6 is 31.9 Å². The molecule has 0 atom stereocenters. The monoisotopic (exact) mass is 309 g/mol. The predicted octanol–water partition coefficient (Wildman–Crippen LogP) is 1.46. The maximum atomic E-state index is 11.1. The molecule has 1 aromatic rings. The first-order valence-corrected chi connectivity index (χ1v) is 5.23. The Labute approximate surface area is 93.0 Å². The number of nitrogens with one attached hydrogen (secondary N) is 1. The molecule has 0 saturated carbocycles. The summed E-state index contributed by atoms with van der Waals surface area (Å²) in [6.07, 6.45) is 0. The van der Waals surface area contributed by atoms with Crippen LogP contribution in [0, 0.1) is 6.92 Å². The van der Waals surface area contributed by atoms with E-state index in [2.05, 4.69) is 42.2 Å². The molecule has 1 N–H and O–H groups in total.